The summed E-state index contributed by atoms with van der Waals surface area (Å²) in [5.41, 5.74) is 1.10. The van der Waals surface area contributed by atoms with Gasteiger partial charge in [0.1, 0.15) is 11.9 Å². The number of rotatable bonds is 5. The van der Waals surface area contributed by atoms with Crippen molar-refractivity contribution in [1.29, 1.82) is 0 Å². The second kappa shape index (κ2) is 8.76. The van der Waals surface area contributed by atoms with Crippen LogP contribution >= 0.6 is 0 Å². The van der Waals surface area contributed by atoms with Crippen molar-refractivity contribution in [3.8, 4) is 5.69 Å². The molecule has 7 heteroatoms. The molecule has 6 nitrogen and oxygen atoms in total. The van der Waals surface area contributed by atoms with E-state index in [1.165, 1.54) is 18.8 Å². The minimum atomic E-state index is -0.403. The molecule has 154 valence electrons. The zero-order valence-electron chi connectivity index (χ0n) is 16.5. The summed E-state index contributed by atoms with van der Waals surface area (Å²) in [6.45, 7) is 0.892. The number of carbonyl (C=O) groups excluding carboxylic acids is 2. The van der Waals surface area contributed by atoms with Crippen LogP contribution in [0.3, 0.4) is 0 Å². The third kappa shape index (κ3) is 4.33. The van der Waals surface area contributed by atoms with Crippen molar-refractivity contribution in [3.05, 3.63) is 48.3 Å². The Morgan fingerprint density at radius 1 is 1.14 bits per heavy atom. The number of hydrogen-bond donors (Lipinski definition) is 1. The summed E-state index contributed by atoms with van der Waals surface area (Å²) in [4.78, 5) is 31.3. The minimum Gasteiger partial charge on any atom is -0.350 e. The van der Waals surface area contributed by atoms with Crippen LogP contribution in [0.15, 0.2) is 36.9 Å². The summed E-state index contributed by atoms with van der Waals surface area (Å²) < 4.78 is 16.0. The van der Waals surface area contributed by atoms with E-state index in [4.69, 9.17) is 0 Å². The lowest BCUT2D eigenvalue weighted by atomic mass is 9.88. The van der Waals surface area contributed by atoms with Gasteiger partial charge in [0.05, 0.1) is 12.0 Å². The average molecular weight is 398 g/mol. The maximum absolute atomic E-state index is 14.4. The highest BCUT2D eigenvalue weighted by atomic mass is 19.1. The number of imidazole rings is 1. The average Bonchev–Trinajstić information content (AvgIpc) is 3.44. The van der Waals surface area contributed by atoms with Crippen molar-refractivity contribution in [3.63, 3.8) is 0 Å². The number of amides is 2. The largest absolute Gasteiger partial charge is 0.350 e. The van der Waals surface area contributed by atoms with Gasteiger partial charge >= 0.3 is 0 Å². The molecule has 0 spiro atoms. The van der Waals surface area contributed by atoms with Crippen molar-refractivity contribution >= 4 is 11.8 Å². The topological polar surface area (TPSA) is 67.2 Å². The monoisotopic (exact) mass is 398 g/mol. The van der Waals surface area contributed by atoms with E-state index < -0.39 is 6.04 Å². The van der Waals surface area contributed by atoms with Crippen LogP contribution in [0.25, 0.3) is 5.69 Å². The number of benzene rings is 1. The zero-order chi connectivity index (χ0) is 20.2. The summed E-state index contributed by atoms with van der Waals surface area (Å²) in [6.07, 6.45) is 11.6. The fraction of sp³-hybridized carbons (Fsp3) is 0.500. The van der Waals surface area contributed by atoms with Crippen LogP contribution in [0.2, 0.25) is 0 Å². The second-order valence-corrected chi connectivity index (χ2v) is 8.00. The van der Waals surface area contributed by atoms with Crippen molar-refractivity contribution in [1.82, 2.24) is 19.8 Å². The summed E-state index contributed by atoms with van der Waals surface area (Å²) in [6, 6.07) is 4.49. The Kier molecular flexibility index (Phi) is 5.92. The number of nitrogens with one attached hydrogen (secondary N) is 1. The summed E-state index contributed by atoms with van der Waals surface area (Å²) in [5.74, 6) is -0.310. The normalized spacial score (nSPS) is 20.0. The van der Waals surface area contributed by atoms with Gasteiger partial charge in [0, 0.05) is 31.4 Å². The third-order valence-electron chi connectivity index (χ3n) is 6.05. The fourth-order valence-electron chi connectivity index (χ4n) is 4.47. The molecule has 1 N–H and O–H groups in total. The molecule has 2 amide bonds. The van der Waals surface area contributed by atoms with Crippen LogP contribution in [0.1, 0.15) is 50.5 Å². The first-order valence-electron chi connectivity index (χ1n) is 10.5. The van der Waals surface area contributed by atoms with Gasteiger partial charge in [-0.3, -0.25) is 9.59 Å². The smallest absolute Gasteiger partial charge is 0.243 e. The van der Waals surface area contributed by atoms with E-state index >= 15 is 0 Å². The molecule has 1 saturated carbocycles. The Balaban J connectivity index is 1.36. The Labute approximate surface area is 170 Å². The molecule has 1 aromatic carbocycles. The molecule has 1 unspecified atom stereocenters. The molecule has 2 fully saturated rings. The van der Waals surface area contributed by atoms with E-state index in [1.54, 1.807) is 34.0 Å². The lowest BCUT2D eigenvalue weighted by molar-refractivity contribution is -0.142. The van der Waals surface area contributed by atoms with Gasteiger partial charge in [-0.05, 0) is 43.4 Å². The van der Waals surface area contributed by atoms with Gasteiger partial charge < -0.3 is 14.8 Å². The van der Waals surface area contributed by atoms with Gasteiger partial charge in [-0.1, -0.05) is 25.3 Å². The standard InChI is InChI=1S/C22H27FN4O2/c23-18-13-16(8-9-19(18)26-12-10-24-15-26)14-25-21(28)20-7-4-11-27(20)22(29)17-5-2-1-3-6-17/h8-10,12-13,15,17,20H,1-7,11,14H2,(H,25,28). The Morgan fingerprint density at radius 2 is 1.97 bits per heavy atom. The number of carbonyl (C=O) groups is 2. The number of likely N-dealkylation sites (tertiary alicyclic amines) is 1. The van der Waals surface area contributed by atoms with Crippen molar-refractivity contribution in [2.45, 2.75) is 57.5 Å². The maximum Gasteiger partial charge on any atom is 0.243 e. The van der Waals surface area contributed by atoms with Crippen LogP contribution in [-0.2, 0) is 16.1 Å². The predicted octanol–water partition coefficient (Wildman–Crippen LogP) is 3.20. The molecule has 2 aliphatic rings. The van der Waals surface area contributed by atoms with Crippen molar-refractivity contribution in [2.75, 3.05) is 6.54 Å². The first-order chi connectivity index (χ1) is 14.1. The molecular formula is C22H27FN4O2. The van der Waals surface area contributed by atoms with E-state index in [-0.39, 0.29) is 30.1 Å². The van der Waals surface area contributed by atoms with Crippen LogP contribution in [-0.4, -0.2) is 38.9 Å². The number of nitrogens with zero attached hydrogens (tertiary/aromatic N) is 3. The molecule has 29 heavy (non-hydrogen) atoms. The van der Waals surface area contributed by atoms with Crippen LogP contribution in [0.5, 0.6) is 0 Å². The summed E-state index contributed by atoms with van der Waals surface area (Å²) in [5, 5.41) is 2.89. The van der Waals surface area contributed by atoms with Gasteiger partial charge in [0.25, 0.3) is 0 Å². The Hall–Kier alpha value is -2.70. The van der Waals surface area contributed by atoms with Gasteiger partial charge in [0.15, 0.2) is 0 Å². The zero-order valence-corrected chi connectivity index (χ0v) is 16.5. The number of hydrogen-bond acceptors (Lipinski definition) is 3. The molecule has 2 heterocycles. The molecule has 4 rings (SSSR count). The second-order valence-electron chi connectivity index (χ2n) is 8.00. The van der Waals surface area contributed by atoms with E-state index in [2.05, 4.69) is 10.3 Å². The third-order valence-corrected chi connectivity index (χ3v) is 6.05. The first kappa shape index (κ1) is 19.6. The van der Waals surface area contributed by atoms with E-state index in [9.17, 15) is 14.0 Å². The Bertz CT molecular complexity index is 862. The fourth-order valence-corrected chi connectivity index (χ4v) is 4.47. The SMILES string of the molecule is O=C(NCc1ccc(-n2ccnc2)c(F)c1)C1CCCN1C(=O)C1CCCCC1. The van der Waals surface area contributed by atoms with Crippen LogP contribution in [0, 0.1) is 11.7 Å². The lowest BCUT2D eigenvalue weighted by Gasteiger charge is -2.30. The van der Waals surface area contributed by atoms with Gasteiger partial charge in [0.2, 0.25) is 11.8 Å². The molecule has 0 bridgehead atoms. The van der Waals surface area contributed by atoms with Crippen molar-refractivity contribution < 1.29 is 14.0 Å². The molecular weight excluding hydrogens is 371 g/mol. The molecule has 1 atom stereocenters. The number of halogens is 1. The summed E-state index contributed by atoms with van der Waals surface area (Å²) >= 11 is 0. The lowest BCUT2D eigenvalue weighted by Crippen LogP contribution is -2.48. The molecule has 0 radical (unpaired) electrons. The van der Waals surface area contributed by atoms with E-state index in [1.807, 2.05) is 0 Å². The molecule has 2 aromatic rings. The molecule has 1 aromatic heterocycles. The van der Waals surface area contributed by atoms with Gasteiger partial charge in [-0.25, -0.2) is 9.37 Å². The highest BCUT2D eigenvalue weighted by Crippen LogP contribution is 2.29. The predicted molar refractivity (Wildman–Crippen MR) is 107 cm³/mol. The number of aromatic nitrogens is 2. The van der Waals surface area contributed by atoms with E-state index in [0.717, 1.165) is 32.1 Å². The van der Waals surface area contributed by atoms with Gasteiger partial charge in [-0.2, -0.15) is 0 Å². The van der Waals surface area contributed by atoms with E-state index in [0.29, 0.717) is 24.2 Å². The van der Waals surface area contributed by atoms with Crippen LogP contribution in [0.4, 0.5) is 4.39 Å². The molecule has 1 aliphatic heterocycles. The van der Waals surface area contributed by atoms with Gasteiger partial charge in [-0.15, -0.1) is 0 Å². The minimum absolute atomic E-state index is 0.0713. The quantitative estimate of drug-likeness (QED) is 0.841. The summed E-state index contributed by atoms with van der Waals surface area (Å²) in [7, 11) is 0. The maximum atomic E-state index is 14.4. The molecule has 1 aliphatic carbocycles. The van der Waals surface area contributed by atoms with Crippen molar-refractivity contribution in [2.24, 2.45) is 5.92 Å². The highest BCUT2D eigenvalue weighted by molar-refractivity contribution is 5.89. The van der Waals surface area contributed by atoms with Crippen LogP contribution < -0.4 is 5.32 Å². The highest BCUT2D eigenvalue weighted by Gasteiger charge is 2.37. The first-order valence-corrected chi connectivity index (χ1v) is 10.5. The Morgan fingerprint density at radius 3 is 2.69 bits per heavy atom. The molecule has 1 saturated heterocycles.